The number of aromatic nitrogens is 2. The summed E-state index contributed by atoms with van der Waals surface area (Å²) in [4.78, 5) is 42.0. The van der Waals surface area contributed by atoms with Gasteiger partial charge in [-0.2, -0.15) is 0 Å². The number of ether oxygens (including phenoxy) is 3. The zero-order valence-corrected chi connectivity index (χ0v) is 17.3. The molecule has 3 N–H and O–H groups in total. The maximum absolute atomic E-state index is 13.5. The Hall–Kier alpha value is -3.27. The summed E-state index contributed by atoms with van der Waals surface area (Å²) in [7, 11) is 1.55. The third-order valence-corrected chi connectivity index (χ3v) is 4.63. The largest absolute Gasteiger partial charge is 0.454 e. The number of H-pyrrole nitrogens is 1. The van der Waals surface area contributed by atoms with Crippen LogP contribution in [-0.2, 0) is 11.3 Å². The first kappa shape index (κ1) is 21.4. The highest BCUT2D eigenvalue weighted by Crippen LogP contribution is 2.36. The van der Waals surface area contributed by atoms with Crippen LogP contribution in [0.25, 0.3) is 0 Å². The fourth-order valence-corrected chi connectivity index (χ4v) is 3.31. The Balaban J connectivity index is 2.11. The maximum atomic E-state index is 13.5. The summed E-state index contributed by atoms with van der Waals surface area (Å²) in [5.74, 6) is 0.312. The Morgan fingerprint density at radius 3 is 2.80 bits per heavy atom. The first-order chi connectivity index (χ1) is 14.3. The molecular formula is C20H26N4O6. The van der Waals surface area contributed by atoms with Crippen LogP contribution in [0, 0.1) is 5.92 Å². The number of methoxy groups -OCH3 is 1. The Morgan fingerprint density at radius 2 is 2.10 bits per heavy atom. The molecule has 0 saturated heterocycles. The van der Waals surface area contributed by atoms with E-state index in [0.717, 1.165) is 0 Å². The first-order valence-electron chi connectivity index (χ1n) is 9.67. The highest BCUT2D eigenvalue weighted by molar-refractivity contribution is 6.09. The fourth-order valence-electron chi connectivity index (χ4n) is 3.31. The average molecular weight is 418 g/mol. The van der Waals surface area contributed by atoms with Gasteiger partial charge in [0.1, 0.15) is 5.82 Å². The summed E-state index contributed by atoms with van der Waals surface area (Å²) in [6.07, 6.45) is 0.455. The number of carbonyl (C=O) groups excluding carboxylic acids is 1. The molecule has 0 spiro atoms. The molecule has 0 bridgehead atoms. The lowest BCUT2D eigenvalue weighted by Gasteiger charge is -2.25. The molecule has 10 heteroatoms. The van der Waals surface area contributed by atoms with E-state index in [-0.39, 0.29) is 36.3 Å². The van der Waals surface area contributed by atoms with Crippen LogP contribution in [-0.4, -0.2) is 42.5 Å². The normalized spacial score (nSPS) is 12.4. The van der Waals surface area contributed by atoms with Crippen molar-refractivity contribution >= 4 is 17.4 Å². The van der Waals surface area contributed by atoms with Crippen LogP contribution >= 0.6 is 0 Å². The van der Waals surface area contributed by atoms with Crippen molar-refractivity contribution in [2.45, 2.75) is 26.8 Å². The zero-order chi connectivity index (χ0) is 21.8. The Morgan fingerprint density at radius 1 is 1.33 bits per heavy atom. The molecule has 1 aromatic heterocycles. The van der Waals surface area contributed by atoms with Crippen molar-refractivity contribution in [1.29, 1.82) is 0 Å². The second-order valence-corrected chi connectivity index (χ2v) is 7.34. The van der Waals surface area contributed by atoms with Crippen LogP contribution in [0.2, 0.25) is 0 Å². The zero-order valence-electron chi connectivity index (χ0n) is 17.3. The van der Waals surface area contributed by atoms with Crippen LogP contribution in [0.5, 0.6) is 11.5 Å². The van der Waals surface area contributed by atoms with Crippen molar-refractivity contribution in [1.82, 2.24) is 9.55 Å². The molecule has 0 aliphatic carbocycles. The highest BCUT2D eigenvalue weighted by Gasteiger charge is 2.29. The molecule has 2 heterocycles. The second-order valence-electron chi connectivity index (χ2n) is 7.34. The predicted octanol–water partition coefficient (Wildman–Crippen LogP) is 1.19. The number of nitrogens with two attached hydrogens (primary N) is 1. The van der Waals surface area contributed by atoms with Crippen LogP contribution in [0.3, 0.4) is 0 Å². The molecule has 1 aliphatic rings. The van der Waals surface area contributed by atoms with Crippen LogP contribution < -0.4 is 31.4 Å². The third kappa shape index (κ3) is 4.18. The van der Waals surface area contributed by atoms with Gasteiger partial charge in [-0.05, 0) is 24.5 Å². The number of fused-ring (bicyclic) bond motifs is 1. The third-order valence-electron chi connectivity index (χ3n) is 4.63. The SMILES string of the molecule is COCCCN(C(=O)c1cccc2c1OCO2)c1c(N)n(CC(C)C)c(=O)[nH]c1=O. The number of nitrogen functional groups attached to an aromatic ring is 1. The summed E-state index contributed by atoms with van der Waals surface area (Å²) < 4.78 is 17.2. The molecule has 162 valence electrons. The molecule has 1 aliphatic heterocycles. The van der Waals surface area contributed by atoms with Crippen LogP contribution in [0.15, 0.2) is 27.8 Å². The molecular weight excluding hydrogens is 392 g/mol. The van der Waals surface area contributed by atoms with E-state index in [1.807, 2.05) is 13.8 Å². The number of nitrogens with one attached hydrogen (secondary N) is 1. The lowest BCUT2D eigenvalue weighted by atomic mass is 10.1. The fraction of sp³-hybridized carbons (Fsp3) is 0.450. The number of para-hydroxylation sites is 1. The van der Waals surface area contributed by atoms with Gasteiger partial charge in [0.25, 0.3) is 11.5 Å². The molecule has 1 aromatic carbocycles. The summed E-state index contributed by atoms with van der Waals surface area (Å²) in [5.41, 5.74) is 5.05. The van der Waals surface area contributed by atoms with Gasteiger partial charge in [-0.15, -0.1) is 0 Å². The van der Waals surface area contributed by atoms with Crippen LogP contribution in [0.4, 0.5) is 11.5 Å². The van der Waals surface area contributed by atoms with Crippen molar-refractivity contribution in [2.75, 3.05) is 37.7 Å². The quantitative estimate of drug-likeness (QED) is 0.616. The van der Waals surface area contributed by atoms with E-state index in [1.165, 1.54) is 9.47 Å². The van der Waals surface area contributed by atoms with Gasteiger partial charge in [0.15, 0.2) is 17.2 Å². The first-order valence-corrected chi connectivity index (χ1v) is 9.67. The minimum atomic E-state index is -0.729. The predicted molar refractivity (Wildman–Crippen MR) is 111 cm³/mol. The molecule has 0 saturated carbocycles. The molecule has 30 heavy (non-hydrogen) atoms. The number of aromatic amines is 1. The van der Waals surface area contributed by atoms with E-state index in [4.69, 9.17) is 19.9 Å². The van der Waals surface area contributed by atoms with E-state index < -0.39 is 17.2 Å². The minimum Gasteiger partial charge on any atom is -0.454 e. The number of nitrogens with zero attached hydrogens (tertiary/aromatic N) is 2. The Bertz CT molecular complexity index is 1040. The minimum absolute atomic E-state index is 0.00525. The van der Waals surface area contributed by atoms with Gasteiger partial charge in [-0.3, -0.25) is 19.1 Å². The number of hydrogen-bond donors (Lipinski definition) is 2. The summed E-state index contributed by atoms with van der Waals surface area (Å²) in [6.45, 7) is 4.67. The van der Waals surface area contributed by atoms with E-state index >= 15 is 0 Å². The van der Waals surface area contributed by atoms with Crippen molar-refractivity contribution in [3.8, 4) is 11.5 Å². The lowest BCUT2D eigenvalue weighted by Crippen LogP contribution is -2.42. The van der Waals surface area contributed by atoms with Gasteiger partial charge < -0.3 is 24.8 Å². The molecule has 0 unspecified atom stereocenters. The average Bonchev–Trinajstić information content (AvgIpc) is 3.18. The molecule has 0 fully saturated rings. The molecule has 0 atom stereocenters. The van der Waals surface area contributed by atoms with Gasteiger partial charge in [0, 0.05) is 26.8 Å². The van der Waals surface area contributed by atoms with Crippen molar-refractivity contribution < 1.29 is 19.0 Å². The highest BCUT2D eigenvalue weighted by atomic mass is 16.7. The molecule has 1 amide bonds. The molecule has 0 radical (unpaired) electrons. The van der Waals surface area contributed by atoms with Gasteiger partial charge in [-0.1, -0.05) is 19.9 Å². The van der Waals surface area contributed by atoms with Gasteiger partial charge >= 0.3 is 5.69 Å². The number of rotatable bonds is 8. The maximum Gasteiger partial charge on any atom is 0.330 e. The van der Waals surface area contributed by atoms with E-state index in [0.29, 0.717) is 31.1 Å². The number of hydrogen-bond acceptors (Lipinski definition) is 7. The number of benzene rings is 1. The Kier molecular flexibility index (Phi) is 6.46. The molecule has 10 nitrogen and oxygen atoms in total. The topological polar surface area (TPSA) is 129 Å². The monoisotopic (exact) mass is 418 g/mol. The smallest absolute Gasteiger partial charge is 0.330 e. The van der Waals surface area contributed by atoms with E-state index in [2.05, 4.69) is 4.98 Å². The standard InChI is InChI=1S/C20H26N4O6/c1-12(2)10-24-17(21)15(18(25)22-20(24)27)23(8-5-9-28-3)19(26)13-6-4-7-14-16(13)30-11-29-14/h4,6-7,12H,5,8-11,21H2,1-3H3,(H,22,25,27). The lowest BCUT2D eigenvalue weighted by molar-refractivity contribution is 0.0978. The number of carbonyl (C=O) groups is 1. The number of amides is 1. The summed E-state index contributed by atoms with van der Waals surface area (Å²) >= 11 is 0. The van der Waals surface area contributed by atoms with Crippen molar-refractivity contribution in [2.24, 2.45) is 5.92 Å². The van der Waals surface area contributed by atoms with Gasteiger partial charge in [-0.25, -0.2) is 4.79 Å². The second kappa shape index (κ2) is 9.04. The van der Waals surface area contributed by atoms with Crippen LogP contribution in [0.1, 0.15) is 30.6 Å². The van der Waals surface area contributed by atoms with Crippen molar-refractivity contribution in [3.05, 3.63) is 44.6 Å². The van der Waals surface area contributed by atoms with Gasteiger partial charge in [0.05, 0.1) is 5.56 Å². The Labute approximate surface area is 173 Å². The van der Waals surface area contributed by atoms with E-state index in [9.17, 15) is 14.4 Å². The van der Waals surface area contributed by atoms with Gasteiger partial charge in [0.2, 0.25) is 6.79 Å². The summed E-state index contributed by atoms with van der Waals surface area (Å²) in [5, 5.41) is 0. The molecule has 3 rings (SSSR count). The van der Waals surface area contributed by atoms with Crippen molar-refractivity contribution in [3.63, 3.8) is 0 Å². The molecule has 2 aromatic rings. The summed E-state index contributed by atoms with van der Waals surface area (Å²) in [6, 6.07) is 4.95. The number of anilines is 2. The van der Waals surface area contributed by atoms with E-state index in [1.54, 1.807) is 25.3 Å².